The second-order valence-corrected chi connectivity index (χ2v) is 8.22. The molecule has 1 aromatic carbocycles. The molecule has 1 aliphatic rings. The first-order valence-electron chi connectivity index (χ1n) is 10.5. The number of piperidine rings is 1. The van der Waals surface area contributed by atoms with E-state index >= 15 is 0 Å². The van der Waals surface area contributed by atoms with Gasteiger partial charge in [-0.15, -0.1) is 0 Å². The third-order valence-corrected chi connectivity index (χ3v) is 5.81. The Labute approximate surface area is 172 Å². The van der Waals surface area contributed by atoms with Crippen LogP contribution in [0.4, 0.5) is 0 Å². The van der Waals surface area contributed by atoms with E-state index in [1.165, 1.54) is 5.56 Å². The minimum Gasteiger partial charge on any atom is -0.389 e. The number of benzene rings is 1. The fourth-order valence-electron chi connectivity index (χ4n) is 4.07. The fourth-order valence-corrected chi connectivity index (χ4v) is 4.07. The first kappa shape index (κ1) is 19.9. The Kier molecular flexibility index (Phi) is 5.83. The van der Waals surface area contributed by atoms with Crippen molar-refractivity contribution in [3.8, 4) is 11.3 Å². The molecule has 1 N–H and O–H groups in total. The summed E-state index contributed by atoms with van der Waals surface area (Å²) in [5.74, 6) is 0.747. The summed E-state index contributed by atoms with van der Waals surface area (Å²) in [5, 5.41) is 19.9. The van der Waals surface area contributed by atoms with E-state index in [9.17, 15) is 5.11 Å². The van der Waals surface area contributed by atoms with Gasteiger partial charge < -0.3 is 9.63 Å². The van der Waals surface area contributed by atoms with Crippen LogP contribution in [0.25, 0.3) is 11.3 Å². The highest BCUT2D eigenvalue weighted by Crippen LogP contribution is 2.29. The molecule has 2 aromatic heterocycles. The van der Waals surface area contributed by atoms with Crippen molar-refractivity contribution >= 4 is 0 Å². The number of hydrogen-bond acceptors (Lipinski definition) is 5. The Bertz CT molecular complexity index is 924. The molecule has 4 rings (SSSR count). The van der Waals surface area contributed by atoms with Crippen LogP contribution < -0.4 is 0 Å². The number of rotatable bonds is 7. The molecule has 0 unspecified atom stereocenters. The summed E-state index contributed by atoms with van der Waals surface area (Å²) in [4.78, 5) is 2.41. The van der Waals surface area contributed by atoms with Gasteiger partial charge in [-0.3, -0.25) is 9.58 Å². The monoisotopic (exact) mass is 394 g/mol. The lowest BCUT2D eigenvalue weighted by Crippen LogP contribution is -2.45. The maximum atomic E-state index is 11.1. The van der Waals surface area contributed by atoms with Crippen LogP contribution in [-0.2, 0) is 19.5 Å². The number of likely N-dealkylation sites (tertiary alicyclic amines) is 1. The van der Waals surface area contributed by atoms with Crippen LogP contribution in [0.5, 0.6) is 0 Å². The molecule has 6 heteroatoms. The lowest BCUT2D eigenvalue weighted by Gasteiger charge is -2.37. The summed E-state index contributed by atoms with van der Waals surface area (Å²) >= 11 is 0. The molecule has 0 saturated carbocycles. The molecule has 3 aromatic rings. The molecule has 0 spiro atoms. The van der Waals surface area contributed by atoms with Gasteiger partial charge in [-0.05, 0) is 26.2 Å². The highest BCUT2D eigenvalue weighted by Gasteiger charge is 2.34. The largest absolute Gasteiger partial charge is 0.389 e. The van der Waals surface area contributed by atoms with E-state index in [0.717, 1.165) is 68.2 Å². The second kappa shape index (κ2) is 8.51. The molecule has 1 saturated heterocycles. The maximum absolute atomic E-state index is 11.1. The molecule has 1 fully saturated rings. The molecular formula is C23H30N4O2. The molecule has 0 bridgehead atoms. The Morgan fingerprint density at radius 1 is 1.17 bits per heavy atom. The standard InChI is InChI=1S/C23H30N4O2/c1-3-11-27-17-20(18(2)24-27)16-26-12-9-23(28,10-13-26)15-21-14-22(25-29-21)19-7-5-4-6-8-19/h4-8,14,17,28H,3,9-13,15-16H2,1-2H3. The SMILES string of the molecule is CCCn1cc(CN2CCC(O)(Cc3cc(-c4ccccc4)no3)CC2)c(C)n1. The van der Waals surface area contributed by atoms with Crippen molar-refractivity contribution in [2.45, 2.75) is 58.2 Å². The van der Waals surface area contributed by atoms with Crippen molar-refractivity contribution < 1.29 is 9.63 Å². The zero-order chi connectivity index (χ0) is 20.3. The molecule has 29 heavy (non-hydrogen) atoms. The number of aryl methyl sites for hydroxylation is 2. The van der Waals surface area contributed by atoms with E-state index in [2.05, 4.69) is 35.2 Å². The zero-order valence-electron chi connectivity index (χ0n) is 17.3. The van der Waals surface area contributed by atoms with E-state index in [-0.39, 0.29) is 0 Å². The van der Waals surface area contributed by atoms with Crippen LogP contribution in [0, 0.1) is 6.92 Å². The highest BCUT2D eigenvalue weighted by atomic mass is 16.5. The van der Waals surface area contributed by atoms with Gasteiger partial charge in [0.2, 0.25) is 0 Å². The van der Waals surface area contributed by atoms with Gasteiger partial charge >= 0.3 is 0 Å². The van der Waals surface area contributed by atoms with E-state index in [4.69, 9.17) is 4.52 Å². The molecule has 0 aliphatic carbocycles. The van der Waals surface area contributed by atoms with Gasteiger partial charge in [-0.2, -0.15) is 5.10 Å². The van der Waals surface area contributed by atoms with Gasteiger partial charge in [0.05, 0.1) is 11.3 Å². The number of aromatic nitrogens is 3. The molecule has 6 nitrogen and oxygen atoms in total. The Morgan fingerprint density at radius 2 is 1.93 bits per heavy atom. The predicted molar refractivity (Wildman–Crippen MR) is 112 cm³/mol. The van der Waals surface area contributed by atoms with Gasteiger partial charge in [0.15, 0.2) is 0 Å². The fraction of sp³-hybridized carbons (Fsp3) is 0.478. The van der Waals surface area contributed by atoms with Crippen LogP contribution in [0.1, 0.15) is 43.2 Å². The quantitative estimate of drug-likeness (QED) is 0.660. The Morgan fingerprint density at radius 3 is 2.66 bits per heavy atom. The molecular weight excluding hydrogens is 364 g/mol. The van der Waals surface area contributed by atoms with Crippen molar-refractivity contribution in [1.82, 2.24) is 19.8 Å². The van der Waals surface area contributed by atoms with E-state index in [1.54, 1.807) is 0 Å². The van der Waals surface area contributed by atoms with Crippen LogP contribution in [0.15, 0.2) is 47.1 Å². The molecule has 0 amide bonds. The number of nitrogens with zero attached hydrogens (tertiary/aromatic N) is 4. The normalized spacial score (nSPS) is 16.9. The smallest absolute Gasteiger partial charge is 0.140 e. The second-order valence-electron chi connectivity index (χ2n) is 8.22. The van der Waals surface area contributed by atoms with E-state index in [1.807, 2.05) is 41.1 Å². The zero-order valence-corrected chi connectivity index (χ0v) is 17.3. The molecule has 0 radical (unpaired) electrons. The average Bonchev–Trinajstić information content (AvgIpc) is 3.31. The summed E-state index contributed by atoms with van der Waals surface area (Å²) in [7, 11) is 0. The Hall–Kier alpha value is -2.44. The van der Waals surface area contributed by atoms with Gasteiger partial charge in [-0.25, -0.2) is 0 Å². The number of hydrogen-bond donors (Lipinski definition) is 1. The van der Waals surface area contributed by atoms with Crippen molar-refractivity contribution in [1.29, 1.82) is 0 Å². The molecule has 3 heterocycles. The van der Waals surface area contributed by atoms with E-state index < -0.39 is 5.60 Å². The summed E-state index contributed by atoms with van der Waals surface area (Å²) in [6.07, 6.45) is 5.23. The molecule has 1 aliphatic heterocycles. The lowest BCUT2D eigenvalue weighted by molar-refractivity contribution is -0.0265. The van der Waals surface area contributed by atoms with Crippen molar-refractivity contribution in [2.24, 2.45) is 0 Å². The lowest BCUT2D eigenvalue weighted by atomic mass is 9.87. The Balaban J connectivity index is 1.33. The minimum atomic E-state index is -0.731. The molecule has 0 atom stereocenters. The van der Waals surface area contributed by atoms with Crippen molar-refractivity contribution in [3.05, 3.63) is 59.6 Å². The first-order chi connectivity index (χ1) is 14.0. The minimum absolute atomic E-state index is 0.508. The number of aliphatic hydroxyl groups is 1. The summed E-state index contributed by atoms with van der Waals surface area (Å²) in [5.41, 5.74) is 3.51. The highest BCUT2D eigenvalue weighted by molar-refractivity contribution is 5.58. The summed E-state index contributed by atoms with van der Waals surface area (Å²) in [6, 6.07) is 11.9. The topological polar surface area (TPSA) is 67.3 Å². The molecule has 154 valence electrons. The summed E-state index contributed by atoms with van der Waals surface area (Å²) in [6.45, 7) is 7.84. The van der Waals surface area contributed by atoms with Crippen LogP contribution >= 0.6 is 0 Å². The van der Waals surface area contributed by atoms with Crippen molar-refractivity contribution in [2.75, 3.05) is 13.1 Å². The van der Waals surface area contributed by atoms with Gasteiger partial charge in [-0.1, -0.05) is 42.4 Å². The predicted octanol–water partition coefficient (Wildman–Crippen LogP) is 3.83. The van der Waals surface area contributed by atoms with Crippen LogP contribution in [-0.4, -0.2) is 43.6 Å². The first-order valence-corrected chi connectivity index (χ1v) is 10.5. The van der Waals surface area contributed by atoms with E-state index in [0.29, 0.717) is 6.42 Å². The van der Waals surface area contributed by atoms with Gasteiger partial charge in [0, 0.05) is 56.0 Å². The van der Waals surface area contributed by atoms with Crippen molar-refractivity contribution in [3.63, 3.8) is 0 Å². The van der Waals surface area contributed by atoms with Gasteiger partial charge in [0.25, 0.3) is 0 Å². The summed E-state index contributed by atoms with van der Waals surface area (Å²) < 4.78 is 7.56. The van der Waals surface area contributed by atoms with Crippen LogP contribution in [0.2, 0.25) is 0 Å². The average molecular weight is 395 g/mol. The maximum Gasteiger partial charge on any atom is 0.140 e. The third kappa shape index (κ3) is 4.77. The van der Waals surface area contributed by atoms with Crippen LogP contribution in [0.3, 0.4) is 0 Å². The van der Waals surface area contributed by atoms with Gasteiger partial charge in [0.1, 0.15) is 11.5 Å². The third-order valence-electron chi connectivity index (χ3n) is 5.81.